The zero-order valence-corrected chi connectivity index (χ0v) is 16.2. The summed E-state index contributed by atoms with van der Waals surface area (Å²) in [7, 11) is 0. The molecule has 1 saturated heterocycles. The summed E-state index contributed by atoms with van der Waals surface area (Å²) in [5, 5.41) is 2.99. The summed E-state index contributed by atoms with van der Waals surface area (Å²) in [6.45, 7) is 3.99. The van der Waals surface area contributed by atoms with E-state index in [1.54, 1.807) is 18.5 Å². The average molecular weight is 394 g/mol. The number of nitrogens with zero attached hydrogens (tertiary/aromatic N) is 5. The maximum atomic E-state index is 13.1. The van der Waals surface area contributed by atoms with E-state index in [0.717, 1.165) is 36.4 Å². The fourth-order valence-electron chi connectivity index (χ4n) is 3.62. The van der Waals surface area contributed by atoms with Crippen molar-refractivity contribution in [3.8, 4) is 11.4 Å². The molecule has 1 aromatic carbocycles. The second-order valence-corrected chi connectivity index (χ2v) is 7.14. The number of nitrogens with one attached hydrogen (secondary N) is 1. The number of carbonyl (C=O) groups excluding carboxylic acids is 1. The number of hydrogen-bond donors (Lipinski definition) is 1. The first-order valence-corrected chi connectivity index (χ1v) is 9.47. The molecule has 1 aliphatic heterocycles. The third kappa shape index (κ3) is 3.91. The number of rotatable bonds is 4. The van der Waals surface area contributed by atoms with E-state index < -0.39 is 5.82 Å². The monoisotopic (exact) mass is 394 g/mol. The van der Waals surface area contributed by atoms with Gasteiger partial charge in [-0.05, 0) is 50.5 Å². The summed E-state index contributed by atoms with van der Waals surface area (Å²) in [5.74, 6) is 0.363. The van der Waals surface area contributed by atoms with Crippen LogP contribution in [0.5, 0.6) is 0 Å². The number of anilines is 2. The Labute approximate surface area is 169 Å². The lowest BCUT2D eigenvalue weighted by Gasteiger charge is -2.27. The van der Waals surface area contributed by atoms with Crippen LogP contribution in [0.25, 0.3) is 11.4 Å². The van der Waals surface area contributed by atoms with E-state index in [9.17, 15) is 9.18 Å². The van der Waals surface area contributed by atoms with E-state index in [-0.39, 0.29) is 19.4 Å². The van der Waals surface area contributed by atoms with Crippen LogP contribution in [0.4, 0.5) is 16.0 Å². The fourth-order valence-corrected chi connectivity index (χ4v) is 3.62. The number of halogens is 1. The van der Waals surface area contributed by atoms with Gasteiger partial charge >= 0.3 is 0 Å². The van der Waals surface area contributed by atoms with Crippen LogP contribution in [0.1, 0.15) is 26.8 Å². The van der Waals surface area contributed by atoms with Gasteiger partial charge in [0.25, 0.3) is 0 Å². The predicted octanol–water partition coefficient (Wildman–Crippen LogP) is 3.62. The lowest BCUT2D eigenvalue weighted by atomic mass is 10.1. The molecule has 1 fully saturated rings. The molecule has 0 bridgehead atoms. The average Bonchev–Trinajstić information content (AvgIpc) is 3.12. The van der Waals surface area contributed by atoms with Crippen molar-refractivity contribution < 1.29 is 10.6 Å². The Kier molecular flexibility index (Phi) is 5.16. The molecule has 0 saturated carbocycles. The minimum absolute atomic E-state index is 0. The maximum absolute atomic E-state index is 13.1. The van der Waals surface area contributed by atoms with Gasteiger partial charge in [0.05, 0.1) is 12.4 Å². The Bertz CT molecular complexity index is 1020. The van der Waals surface area contributed by atoms with Gasteiger partial charge in [-0.1, -0.05) is 6.07 Å². The summed E-state index contributed by atoms with van der Waals surface area (Å²) in [4.78, 5) is 31.7. The van der Waals surface area contributed by atoms with Crippen molar-refractivity contribution in [2.75, 3.05) is 10.2 Å². The largest absolute Gasteiger partial charge is 0.326 e. The quantitative estimate of drug-likeness (QED) is 0.728. The molecule has 7 nitrogen and oxygen atoms in total. The van der Waals surface area contributed by atoms with Crippen LogP contribution >= 0.6 is 0 Å². The number of aryl methyl sites for hydroxylation is 1. The zero-order chi connectivity index (χ0) is 20.4. The number of carbonyl (C=O) groups is 1. The van der Waals surface area contributed by atoms with Crippen LogP contribution in [0.15, 0.2) is 49.1 Å². The number of amides is 1. The minimum atomic E-state index is -0.491. The lowest BCUT2D eigenvalue weighted by Crippen LogP contribution is -2.43. The molecule has 0 aliphatic carbocycles. The fraction of sp³-hybridized carbons (Fsp3) is 0.286. The predicted molar refractivity (Wildman–Crippen MR) is 110 cm³/mol. The Morgan fingerprint density at radius 3 is 2.62 bits per heavy atom. The van der Waals surface area contributed by atoms with Crippen LogP contribution in [-0.4, -0.2) is 37.9 Å². The summed E-state index contributed by atoms with van der Waals surface area (Å²) >= 11 is 0. The topological polar surface area (TPSA) is 83.9 Å². The van der Waals surface area contributed by atoms with E-state index in [2.05, 4.69) is 32.2 Å². The van der Waals surface area contributed by atoms with Crippen molar-refractivity contribution in [3.63, 3.8) is 0 Å². The van der Waals surface area contributed by atoms with Crippen LogP contribution in [0.2, 0.25) is 0 Å². The summed E-state index contributed by atoms with van der Waals surface area (Å²) < 4.78 is 13.1. The van der Waals surface area contributed by atoms with E-state index in [1.165, 1.54) is 0 Å². The van der Waals surface area contributed by atoms with E-state index in [1.807, 2.05) is 30.0 Å². The van der Waals surface area contributed by atoms with Crippen LogP contribution in [0.3, 0.4) is 0 Å². The van der Waals surface area contributed by atoms with Gasteiger partial charge in [0, 0.05) is 31.1 Å². The second kappa shape index (κ2) is 7.90. The lowest BCUT2D eigenvalue weighted by molar-refractivity contribution is -0.117. The first kappa shape index (κ1) is 18.9. The van der Waals surface area contributed by atoms with Gasteiger partial charge in [0.2, 0.25) is 11.9 Å². The van der Waals surface area contributed by atoms with Crippen molar-refractivity contribution in [1.29, 1.82) is 0 Å². The van der Waals surface area contributed by atoms with E-state index in [4.69, 9.17) is 0 Å². The van der Waals surface area contributed by atoms with Gasteiger partial charge in [-0.25, -0.2) is 24.3 Å². The SMILES string of the molecule is Cc1ccc(NC(=O)[C@H]2CC[C@@H](C)N2c2ncccn2)cc1-c1ncc(F)cn1.[HH]. The van der Waals surface area contributed by atoms with Crippen molar-refractivity contribution in [2.45, 2.75) is 38.8 Å². The van der Waals surface area contributed by atoms with Gasteiger partial charge in [0.1, 0.15) is 6.04 Å². The smallest absolute Gasteiger partial charge is 0.247 e. The molecular formula is C21H23FN6O. The third-order valence-corrected chi connectivity index (χ3v) is 5.12. The summed E-state index contributed by atoms with van der Waals surface area (Å²) in [6.07, 6.45) is 7.23. The standard InChI is InChI=1S/C21H21FN6O.H2/c1-13-4-6-16(10-17(13)19-25-11-15(22)12-26-19)27-20(29)18-7-5-14(2)28(18)21-23-8-3-9-24-21;/h3-4,6,8-12,14,18H,5,7H2,1-2H3,(H,27,29);1H/t14-,18-;/m1./s1. The zero-order valence-electron chi connectivity index (χ0n) is 16.2. The number of benzene rings is 1. The van der Waals surface area contributed by atoms with E-state index in [0.29, 0.717) is 17.5 Å². The Hall–Kier alpha value is -3.42. The highest BCUT2D eigenvalue weighted by Crippen LogP contribution is 2.29. The van der Waals surface area contributed by atoms with Crippen molar-refractivity contribution in [3.05, 3.63) is 60.4 Å². The second-order valence-electron chi connectivity index (χ2n) is 7.14. The molecule has 29 heavy (non-hydrogen) atoms. The highest BCUT2D eigenvalue weighted by atomic mass is 19.1. The molecular weight excluding hydrogens is 371 g/mol. The molecule has 3 aromatic rings. The van der Waals surface area contributed by atoms with Gasteiger partial charge in [-0.2, -0.15) is 0 Å². The molecule has 3 heterocycles. The Morgan fingerprint density at radius 2 is 1.90 bits per heavy atom. The minimum Gasteiger partial charge on any atom is -0.326 e. The van der Waals surface area contributed by atoms with Crippen LogP contribution < -0.4 is 10.2 Å². The number of aromatic nitrogens is 4. The molecule has 1 N–H and O–H groups in total. The highest BCUT2D eigenvalue weighted by Gasteiger charge is 2.37. The van der Waals surface area contributed by atoms with Crippen LogP contribution in [0, 0.1) is 12.7 Å². The van der Waals surface area contributed by atoms with Gasteiger partial charge < -0.3 is 10.2 Å². The molecule has 150 valence electrons. The highest BCUT2D eigenvalue weighted by molar-refractivity contribution is 5.97. The van der Waals surface area contributed by atoms with Gasteiger partial charge in [0.15, 0.2) is 11.6 Å². The first-order chi connectivity index (χ1) is 14.0. The van der Waals surface area contributed by atoms with Crippen LogP contribution in [-0.2, 0) is 4.79 Å². The normalized spacial score (nSPS) is 18.7. The Morgan fingerprint density at radius 1 is 1.17 bits per heavy atom. The van der Waals surface area contributed by atoms with E-state index >= 15 is 0 Å². The van der Waals surface area contributed by atoms with Crippen molar-refractivity contribution in [2.24, 2.45) is 0 Å². The molecule has 2 atom stereocenters. The third-order valence-electron chi connectivity index (χ3n) is 5.12. The molecule has 0 spiro atoms. The molecule has 0 radical (unpaired) electrons. The molecule has 8 heteroatoms. The maximum Gasteiger partial charge on any atom is 0.247 e. The van der Waals surface area contributed by atoms with Crippen molar-refractivity contribution in [1.82, 2.24) is 19.9 Å². The van der Waals surface area contributed by atoms with Crippen molar-refractivity contribution >= 4 is 17.5 Å². The van der Waals surface area contributed by atoms with Gasteiger partial charge in [-0.3, -0.25) is 4.79 Å². The molecule has 2 aromatic heterocycles. The summed E-state index contributed by atoms with van der Waals surface area (Å²) in [6, 6.07) is 7.11. The molecule has 0 unspecified atom stereocenters. The first-order valence-electron chi connectivity index (χ1n) is 9.47. The number of hydrogen-bond acceptors (Lipinski definition) is 6. The molecule has 1 amide bonds. The summed E-state index contributed by atoms with van der Waals surface area (Å²) in [5.41, 5.74) is 2.31. The molecule has 4 rings (SSSR count). The van der Waals surface area contributed by atoms with Gasteiger partial charge in [-0.15, -0.1) is 0 Å². The Balaban J connectivity index is 0.00000256. The molecule has 1 aliphatic rings.